The first-order valence-corrected chi connectivity index (χ1v) is 13.0. The Labute approximate surface area is 178 Å². The van der Waals surface area contributed by atoms with Gasteiger partial charge in [-0.25, -0.2) is 0 Å². The van der Waals surface area contributed by atoms with E-state index in [2.05, 4.69) is 61.5 Å². The molecule has 0 N–H and O–H groups in total. The van der Waals surface area contributed by atoms with Gasteiger partial charge in [0.05, 0.1) is 0 Å². The molecule has 3 aliphatic carbocycles. The maximum absolute atomic E-state index is 2.67. The summed E-state index contributed by atoms with van der Waals surface area (Å²) < 4.78 is 0. The van der Waals surface area contributed by atoms with Crippen molar-refractivity contribution in [2.75, 3.05) is 0 Å². The predicted octanol–water partition coefficient (Wildman–Crippen LogP) is 9.44. The number of hydrogen-bond acceptors (Lipinski definition) is 0. The van der Waals surface area contributed by atoms with E-state index in [1.54, 1.807) is 5.57 Å². The van der Waals surface area contributed by atoms with Crippen LogP contribution in [0.5, 0.6) is 0 Å². The summed E-state index contributed by atoms with van der Waals surface area (Å²) in [6.45, 7) is 19.2. The van der Waals surface area contributed by atoms with Gasteiger partial charge in [0.15, 0.2) is 0 Å². The van der Waals surface area contributed by atoms with Gasteiger partial charge < -0.3 is 0 Å². The molecule has 0 bridgehead atoms. The highest BCUT2D eigenvalue weighted by atomic mass is 14.6. The van der Waals surface area contributed by atoms with Gasteiger partial charge in [-0.05, 0) is 91.8 Å². The maximum atomic E-state index is 2.67. The first-order valence-electron chi connectivity index (χ1n) is 13.0. The van der Waals surface area contributed by atoms with Crippen molar-refractivity contribution >= 4 is 0 Å². The summed E-state index contributed by atoms with van der Waals surface area (Å²) >= 11 is 0. The van der Waals surface area contributed by atoms with E-state index in [0.717, 1.165) is 29.6 Å². The van der Waals surface area contributed by atoms with Crippen molar-refractivity contribution in [1.29, 1.82) is 0 Å². The lowest BCUT2D eigenvalue weighted by atomic mass is 9.48. The van der Waals surface area contributed by atoms with Crippen LogP contribution >= 0.6 is 0 Å². The van der Waals surface area contributed by atoms with Crippen LogP contribution in [0.25, 0.3) is 0 Å². The summed E-state index contributed by atoms with van der Waals surface area (Å²) in [5.41, 5.74) is 2.98. The van der Waals surface area contributed by atoms with Crippen molar-refractivity contribution < 1.29 is 0 Å². The molecule has 2 fully saturated rings. The summed E-state index contributed by atoms with van der Waals surface area (Å²) in [5, 5.41) is 0. The molecule has 3 aliphatic rings. The molecular weight excluding hydrogens is 336 g/mol. The van der Waals surface area contributed by atoms with Crippen LogP contribution in [0.4, 0.5) is 0 Å². The summed E-state index contributed by atoms with van der Waals surface area (Å²) in [5.74, 6) is 4.86. The third-order valence-corrected chi connectivity index (χ3v) is 9.68. The molecule has 0 aliphatic heterocycles. The van der Waals surface area contributed by atoms with Crippen LogP contribution in [-0.2, 0) is 0 Å². The molecule has 0 spiro atoms. The van der Waals surface area contributed by atoms with E-state index in [4.69, 9.17) is 0 Å². The van der Waals surface area contributed by atoms with Crippen molar-refractivity contribution in [3.8, 4) is 0 Å². The fourth-order valence-electron chi connectivity index (χ4n) is 7.67. The molecule has 0 aromatic heterocycles. The molecular formula is C28H52. The van der Waals surface area contributed by atoms with Crippen molar-refractivity contribution in [3.05, 3.63) is 11.6 Å². The van der Waals surface area contributed by atoms with Gasteiger partial charge >= 0.3 is 0 Å². The normalized spacial score (nSPS) is 39.7. The largest absolute Gasteiger partial charge is 0.0845 e. The lowest BCUT2D eigenvalue weighted by Gasteiger charge is -2.57. The van der Waals surface area contributed by atoms with Gasteiger partial charge in [-0.15, -0.1) is 0 Å². The minimum Gasteiger partial charge on any atom is -0.0845 e. The SMILES string of the molecule is CCC1=CCC2C3CCC(C)[C@@]3(CC)CCC2[C@@]1(C)CC.CCCCC(C)C. The summed E-state index contributed by atoms with van der Waals surface area (Å²) in [6, 6.07) is 0. The number of unbranched alkanes of at least 4 members (excludes halogenated alkanes) is 1. The zero-order chi connectivity index (χ0) is 20.9. The fourth-order valence-corrected chi connectivity index (χ4v) is 7.67. The molecule has 6 atom stereocenters. The smallest absolute Gasteiger partial charge is 0.00880 e. The molecule has 0 radical (unpaired) electrons. The predicted molar refractivity (Wildman–Crippen MR) is 127 cm³/mol. The second-order valence-corrected chi connectivity index (χ2v) is 11.1. The van der Waals surface area contributed by atoms with E-state index in [1.165, 1.54) is 70.6 Å². The highest BCUT2D eigenvalue weighted by Crippen LogP contribution is 2.66. The Morgan fingerprint density at radius 1 is 1.00 bits per heavy atom. The number of hydrogen-bond donors (Lipinski definition) is 0. The van der Waals surface area contributed by atoms with Gasteiger partial charge in [-0.2, -0.15) is 0 Å². The maximum Gasteiger partial charge on any atom is -0.00880 e. The van der Waals surface area contributed by atoms with Crippen LogP contribution in [0.2, 0.25) is 0 Å². The number of allylic oxidation sites excluding steroid dienone is 2. The van der Waals surface area contributed by atoms with Crippen molar-refractivity contribution in [3.63, 3.8) is 0 Å². The third kappa shape index (κ3) is 4.41. The summed E-state index contributed by atoms with van der Waals surface area (Å²) in [6.07, 6.45) is 18.3. The van der Waals surface area contributed by atoms with Crippen molar-refractivity contribution in [2.24, 2.45) is 40.4 Å². The van der Waals surface area contributed by atoms with Crippen molar-refractivity contribution in [2.45, 2.75) is 126 Å². The van der Waals surface area contributed by atoms with E-state index >= 15 is 0 Å². The lowest BCUT2D eigenvalue weighted by Crippen LogP contribution is -2.49. The molecule has 0 heteroatoms. The lowest BCUT2D eigenvalue weighted by molar-refractivity contribution is -0.0451. The van der Waals surface area contributed by atoms with Gasteiger partial charge in [-0.3, -0.25) is 0 Å². The molecule has 0 saturated heterocycles. The molecule has 28 heavy (non-hydrogen) atoms. The summed E-state index contributed by atoms with van der Waals surface area (Å²) in [4.78, 5) is 0. The molecule has 0 amide bonds. The topological polar surface area (TPSA) is 0 Å². The Balaban J connectivity index is 0.000000345. The Morgan fingerprint density at radius 2 is 1.71 bits per heavy atom. The molecule has 0 nitrogen and oxygen atoms in total. The minimum absolute atomic E-state index is 0.503. The van der Waals surface area contributed by atoms with E-state index < -0.39 is 0 Å². The molecule has 0 aromatic carbocycles. The quantitative estimate of drug-likeness (QED) is 0.397. The van der Waals surface area contributed by atoms with Crippen LogP contribution in [0, 0.1) is 40.4 Å². The first kappa shape index (κ1) is 24.0. The van der Waals surface area contributed by atoms with Crippen LogP contribution in [0.1, 0.15) is 126 Å². The third-order valence-electron chi connectivity index (χ3n) is 9.68. The second-order valence-electron chi connectivity index (χ2n) is 11.1. The Morgan fingerprint density at radius 3 is 2.21 bits per heavy atom. The van der Waals surface area contributed by atoms with Gasteiger partial charge in [-0.1, -0.05) is 86.3 Å². The average Bonchev–Trinajstić information content (AvgIpc) is 3.04. The molecule has 164 valence electrons. The number of fused-ring (bicyclic) bond motifs is 3. The van der Waals surface area contributed by atoms with Gasteiger partial charge in [0.1, 0.15) is 0 Å². The molecule has 2 saturated carbocycles. The zero-order valence-corrected chi connectivity index (χ0v) is 20.7. The summed E-state index contributed by atoms with van der Waals surface area (Å²) in [7, 11) is 0. The van der Waals surface area contributed by atoms with Crippen LogP contribution in [0.15, 0.2) is 11.6 Å². The Kier molecular flexibility index (Phi) is 8.72. The highest BCUT2D eigenvalue weighted by molar-refractivity contribution is 5.22. The minimum atomic E-state index is 0.503. The zero-order valence-electron chi connectivity index (χ0n) is 20.7. The Hall–Kier alpha value is -0.260. The first-order chi connectivity index (χ1) is 13.3. The van der Waals surface area contributed by atoms with Crippen LogP contribution < -0.4 is 0 Å². The van der Waals surface area contributed by atoms with Gasteiger partial charge in [0.2, 0.25) is 0 Å². The van der Waals surface area contributed by atoms with Crippen molar-refractivity contribution in [1.82, 2.24) is 0 Å². The monoisotopic (exact) mass is 388 g/mol. The average molecular weight is 389 g/mol. The number of rotatable bonds is 6. The van der Waals surface area contributed by atoms with Crippen LogP contribution in [0.3, 0.4) is 0 Å². The Bertz CT molecular complexity index is 500. The van der Waals surface area contributed by atoms with E-state index in [9.17, 15) is 0 Å². The fraction of sp³-hybridized carbons (Fsp3) is 0.929. The van der Waals surface area contributed by atoms with E-state index in [-0.39, 0.29) is 0 Å². The van der Waals surface area contributed by atoms with Gasteiger partial charge in [0.25, 0.3) is 0 Å². The van der Waals surface area contributed by atoms with Gasteiger partial charge in [0, 0.05) is 0 Å². The standard InChI is InChI=1S/C21H36.C7H16/c1-6-16-10-11-17-18(20(16,5)7-2)13-14-21(8-3)15(4)9-12-19(17)21;1-4-5-6-7(2)3/h10,15,17-19H,6-9,11-14H2,1-5H3;7H,4-6H2,1-3H3/t15?,17?,18?,19?,20-,21+;/m0./s1. The molecule has 0 heterocycles. The highest BCUT2D eigenvalue weighted by Gasteiger charge is 2.57. The molecule has 0 aromatic rings. The molecule has 3 rings (SSSR count). The second kappa shape index (κ2) is 10.2. The van der Waals surface area contributed by atoms with Crippen LogP contribution in [-0.4, -0.2) is 0 Å². The molecule has 4 unspecified atom stereocenters. The van der Waals surface area contributed by atoms with E-state index in [0.29, 0.717) is 10.8 Å². The van der Waals surface area contributed by atoms with E-state index in [1.807, 2.05) is 0 Å².